The molecule has 134 valence electrons. The minimum Gasteiger partial charge on any atom is -0.454 e. The van der Waals surface area contributed by atoms with Gasteiger partial charge in [0.05, 0.1) is 18.6 Å². The van der Waals surface area contributed by atoms with Crippen molar-refractivity contribution < 1.29 is 14.2 Å². The van der Waals surface area contributed by atoms with Gasteiger partial charge in [-0.1, -0.05) is 6.07 Å². The van der Waals surface area contributed by atoms with Crippen molar-refractivity contribution in [2.75, 3.05) is 43.3 Å². The monoisotopic (exact) mass is 370 g/mol. The van der Waals surface area contributed by atoms with Crippen molar-refractivity contribution in [2.24, 2.45) is 0 Å². The summed E-state index contributed by atoms with van der Waals surface area (Å²) in [4.78, 5) is 12.7. The Morgan fingerprint density at radius 3 is 2.88 bits per heavy atom. The molecule has 3 aromatic rings. The van der Waals surface area contributed by atoms with E-state index in [1.807, 2.05) is 23.6 Å². The van der Waals surface area contributed by atoms with Crippen LogP contribution in [-0.4, -0.2) is 43.1 Å². The van der Waals surface area contributed by atoms with Crippen molar-refractivity contribution in [3.8, 4) is 11.5 Å². The summed E-state index contributed by atoms with van der Waals surface area (Å²) in [5.74, 6) is 3.21. The summed E-state index contributed by atoms with van der Waals surface area (Å²) in [6.07, 6.45) is 0. The van der Waals surface area contributed by atoms with E-state index in [0.717, 1.165) is 52.1 Å². The molecule has 26 heavy (non-hydrogen) atoms. The van der Waals surface area contributed by atoms with Gasteiger partial charge in [0.2, 0.25) is 12.7 Å². The van der Waals surface area contributed by atoms with E-state index in [9.17, 15) is 0 Å². The van der Waals surface area contributed by atoms with Gasteiger partial charge in [-0.05, 0) is 29.1 Å². The Bertz CT molecular complexity index is 939. The highest BCUT2D eigenvalue weighted by Crippen LogP contribution is 2.33. The summed E-state index contributed by atoms with van der Waals surface area (Å²) >= 11 is 1.63. The maximum absolute atomic E-state index is 5.45. The van der Waals surface area contributed by atoms with E-state index in [0.29, 0.717) is 19.8 Å². The summed E-state index contributed by atoms with van der Waals surface area (Å²) < 4.78 is 16.3. The van der Waals surface area contributed by atoms with Crippen LogP contribution >= 0.6 is 11.3 Å². The number of rotatable bonds is 4. The van der Waals surface area contributed by atoms with Gasteiger partial charge in [0.25, 0.3) is 0 Å². The molecule has 0 unspecified atom stereocenters. The second-order valence-electron chi connectivity index (χ2n) is 6.15. The van der Waals surface area contributed by atoms with Gasteiger partial charge < -0.3 is 24.4 Å². The standard InChI is InChI=1S/C18H18N4O3S/c1-2-14-15(25-11-24-14)9-12(1)10-19-16-13-3-8-26-17(13)21-18(20-16)22-4-6-23-7-5-22/h1-3,8-9H,4-7,10-11H2,(H,19,20,21). The van der Waals surface area contributed by atoms with Crippen LogP contribution in [0.4, 0.5) is 11.8 Å². The van der Waals surface area contributed by atoms with Crippen LogP contribution in [0.2, 0.25) is 0 Å². The molecule has 2 aliphatic rings. The third kappa shape index (κ3) is 2.91. The first kappa shape index (κ1) is 15.7. The highest BCUT2D eigenvalue weighted by atomic mass is 32.1. The van der Waals surface area contributed by atoms with Crippen molar-refractivity contribution in [1.29, 1.82) is 0 Å². The second-order valence-corrected chi connectivity index (χ2v) is 7.05. The number of anilines is 2. The first-order valence-electron chi connectivity index (χ1n) is 8.57. The molecular formula is C18H18N4O3S. The average molecular weight is 370 g/mol. The molecule has 0 bridgehead atoms. The Kier molecular flexibility index (Phi) is 3.99. The number of hydrogen-bond acceptors (Lipinski definition) is 8. The molecule has 0 atom stereocenters. The maximum atomic E-state index is 5.45. The summed E-state index contributed by atoms with van der Waals surface area (Å²) in [6, 6.07) is 8.05. The molecule has 8 heteroatoms. The van der Waals surface area contributed by atoms with Gasteiger partial charge in [0.15, 0.2) is 11.5 Å². The third-order valence-corrected chi connectivity index (χ3v) is 5.31. The van der Waals surface area contributed by atoms with Crippen LogP contribution in [0.3, 0.4) is 0 Å². The lowest BCUT2D eigenvalue weighted by atomic mass is 10.2. The molecule has 0 saturated carbocycles. The molecule has 0 amide bonds. The fraction of sp³-hybridized carbons (Fsp3) is 0.333. The SMILES string of the molecule is c1cc2c(NCc3ccc4c(c3)OCO4)nc(N3CCOCC3)nc2s1. The van der Waals surface area contributed by atoms with Crippen LogP contribution in [0.1, 0.15) is 5.56 Å². The third-order valence-electron chi connectivity index (χ3n) is 4.50. The zero-order chi connectivity index (χ0) is 17.3. The van der Waals surface area contributed by atoms with Crippen LogP contribution in [-0.2, 0) is 11.3 Å². The smallest absolute Gasteiger partial charge is 0.231 e. The van der Waals surface area contributed by atoms with E-state index in [1.54, 1.807) is 11.3 Å². The predicted molar refractivity (Wildman–Crippen MR) is 100 cm³/mol. The van der Waals surface area contributed by atoms with Gasteiger partial charge in [-0.3, -0.25) is 0 Å². The average Bonchev–Trinajstić information content (AvgIpc) is 3.35. The Morgan fingerprint density at radius 2 is 1.96 bits per heavy atom. The predicted octanol–water partition coefficient (Wildman–Crippen LogP) is 2.87. The minimum absolute atomic E-state index is 0.288. The van der Waals surface area contributed by atoms with Crippen molar-refractivity contribution in [3.05, 3.63) is 35.2 Å². The fourth-order valence-corrected chi connectivity index (χ4v) is 3.88. The zero-order valence-corrected chi connectivity index (χ0v) is 14.9. The zero-order valence-electron chi connectivity index (χ0n) is 14.1. The molecule has 1 aromatic carbocycles. The van der Waals surface area contributed by atoms with Gasteiger partial charge in [-0.25, -0.2) is 4.98 Å². The molecule has 0 spiro atoms. The topological polar surface area (TPSA) is 68.7 Å². The summed E-state index contributed by atoms with van der Waals surface area (Å²) in [7, 11) is 0. The first-order valence-corrected chi connectivity index (χ1v) is 9.45. The van der Waals surface area contributed by atoms with Gasteiger partial charge in [0.1, 0.15) is 10.6 Å². The molecule has 7 nitrogen and oxygen atoms in total. The molecule has 2 aliphatic heterocycles. The quantitative estimate of drug-likeness (QED) is 0.757. The van der Waals surface area contributed by atoms with Gasteiger partial charge in [-0.2, -0.15) is 4.98 Å². The highest BCUT2D eigenvalue weighted by Gasteiger charge is 2.18. The Morgan fingerprint density at radius 1 is 1.08 bits per heavy atom. The molecule has 1 N–H and O–H groups in total. The molecular weight excluding hydrogens is 352 g/mol. The van der Waals surface area contributed by atoms with Crippen LogP contribution < -0.4 is 19.7 Å². The van der Waals surface area contributed by atoms with E-state index < -0.39 is 0 Å². The lowest BCUT2D eigenvalue weighted by molar-refractivity contribution is 0.122. The Hall–Kier alpha value is -2.58. The maximum Gasteiger partial charge on any atom is 0.231 e. The number of hydrogen-bond donors (Lipinski definition) is 1. The Labute approximate surface area is 154 Å². The second kappa shape index (κ2) is 6.62. The molecule has 1 saturated heterocycles. The molecule has 5 rings (SSSR count). The van der Waals surface area contributed by atoms with Crippen molar-refractivity contribution in [2.45, 2.75) is 6.54 Å². The van der Waals surface area contributed by atoms with Crippen molar-refractivity contribution in [1.82, 2.24) is 9.97 Å². The lowest BCUT2D eigenvalue weighted by Crippen LogP contribution is -2.37. The van der Waals surface area contributed by atoms with Crippen LogP contribution in [0.5, 0.6) is 11.5 Å². The molecule has 2 aromatic heterocycles. The van der Waals surface area contributed by atoms with E-state index >= 15 is 0 Å². The number of nitrogens with zero attached hydrogens (tertiary/aromatic N) is 3. The number of aromatic nitrogens is 2. The van der Waals surface area contributed by atoms with Gasteiger partial charge in [0, 0.05) is 19.6 Å². The highest BCUT2D eigenvalue weighted by molar-refractivity contribution is 7.16. The summed E-state index contributed by atoms with van der Waals surface area (Å²) in [6.45, 7) is 4.01. The van der Waals surface area contributed by atoms with Gasteiger partial charge in [-0.15, -0.1) is 11.3 Å². The number of fused-ring (bicyclic) bond motifs is 2. The number of nitrogens with one attached hydrogen (secondary N) is 1. The number of thiophene rings is 1. The minimum atomic E-state index is 0.288. The molecule has 4 heterocycles. The largest absolute Gasteiger partial charge is 0.454 e. The lowest BCUT2D eigenvalue weighted by Gasteiger charge is -2.27. The van der Waals surface area contributed by atoms with E-state index in [1.165, 1.54) is 0 Å². The van der Waals surface area contributed by atoms with E-state index in [2.05, 4.69) is 16.3 Å². The van der Waals surface area contributed by atoms with Crippen LogP contribution in [0.15, 0.2) is 29.6 Å². The van der Waals surface area contributed by atoms with E-state index in [4.69, 9.17) is 24.2 Å². The van der Waals surface area contributed by atoms with E-state index in [-0.39, 0.29) is 6.79 Å². The molecule has 0 radical (unpaired) electrons. The summed E-state index contributed by atoms with van der Waals surface area (Å²) in [5.41, 5.74) is 1.11. The molecule has 1 fully saturated rings. The van der Waals surface area contributed by atoms with Crippen LogP contribution in [0.25, 0.3) is 10.2 Å². The number of benzene rings is 1. The molecule has 0 aliphatic carbocycles. The number of ether oxygens (including phenoxy) is 3. The van der Waals surface area contributed by atoms with Crippen molar-refractivity contribution in [3.63, 3.8) is 0 Å². The first-order chi connectivity index (χ1) is 12.9. The van der Waals surface area contributed by atoms with Gasteiger partial charge >= 0.3 is 0 Å². The van der Waals surface area contributed by atoms with Crippen molar-refractivity contribution >= 4 is 33.3 Å². The number of morpholine rings is 1. The van der Waals surface area contributed by atoms with Crippen LogP contribution in [0, 0.1) is 0 Å². The Balaban J connectivity index is 1.41. The summed E-state index contributed by atoms with van der Waals surface area (Å²) in [5, 5.41) is 6.56. The normalized spacial score (nSPS) is 16.2. The fourth-order valence-electron chi connectivity index (χ4n) is 3.12.